The monoisotopic (exact) mass is 388 g/mol. The second-order valence-corrected chi connectivity index (χ2v) is 9.58. The van der Waals surface area contributed by atoms with Gasteiger partial charge in [0.2, 0.25) is 0 Å². The van der Waals surface area contributed by atoms with Crippen molar-refractivity contribution in [3.05, 3.63) is 71.0 Å². The molecule has 142 valence electrons. The molecule has 6 rings (SSSR count). The van der Waals surface area contributed by atoms with Crippen LogP contribution in [0, 0.1) is 17.3 Å². The van der Waals surface area contributed by atoms with Gasteiger partial charge in [-0.05, 0) is 85.3 Å². The molecule has 0 unspecified atom stereocenters. The molecule has 3 heteroatoms. The zero-order valence-corrected chi connectivity index (χ0v) is 17.0. The summed E-state index contributed by atoms with van der Waals surface area (Å²) in [6.07, 6.45) is 10.7. The molecule has 1 aromatic heterocycles. The number of nitrogens with zero attached hydrogens (tertiary/aromatic N) is 2. The first-order valence-corrected chi connectivity index (χ1v) is 10.9. The van der Waals surface area contributed by atoms with Crippen molar-refractivity contribution in [2.75, 3.05) is 0 Å². The SMILES string of the molecule is C[C@]12CC[C@@H]3c4ccc(Cl)cc4CC[C@H]3[C@@H]1CC=C2n1cnc2ccccc21. The van der Waals surface area contributed by atoms with Gasteiger partial charge in [-0.3, -0.25) is 0 Å². The highest BCUT2D eigenvalue weighted by Crippen LogP contribution is 2.62. The van der Waals surface area contributed by atoms with Crippen LogP contribution in [0.25, 0.3) is 16.7 Å². The zero-order valence-electron chi connectivity index (χ0n) is 16.2. The van der Waals surface area contributed by atoms with E-state index in [0.717, 1.165) is 22.4 Å². The Labute approximate surface area is 171 Å². The first-order chi connectivity index (χ1) is 13.6. The second-order valence-electron chi connectivity index (χ2n) is 9.14. The number of fused-ring (bicyclic) bond motifs is 6. The summed E-state index contributed by atoms with van der Waals surface area (Å²) in [5.41, 5.74) is 7.11. The van der Waals surface area contributed by atoms with Gasteiger partial charge in [-0.25, -0.2) is 4.98 Å². The van der Waals surface area contributed by atoms with Crippen LogP contribution in [0.1, 0.15) is 49.7 Å². The predicted octanol–water partition coefficient (Wildman–Crippen LogP) is 6.70. The van der Waals surface area contributed by atoms with E-state index in [0.29, 0.717) is 5.92 Å². The van der Waals surface area contributed by atoms with Crippen molar-refractivity contribution in [1.82, 2.24) is 9.55 Å². The number of aryl methyl sites for hydroxylation is 1. The molecule has 0 bridgehead atoms. The molecule has 1 saturated carbocycles. The van der Waals surface area contributed by atoms with Crippen LogP contribution in [0.3, 0.4) is 0 Å². The van der Waals surface area contributed by atoms with E-state index in [4.69, 9.17) is 11.6 Å². The van der Waals surface area contributed by atoms with Gasteiger partial charge in [-0.2, -0.15) is 0 Å². The van der Waals surface area contributed by atoms with Crippen molar-refractivity contribution in [2.45, 2.75) is 44.9 Å². The molecule has 3 aromatic rings. The standard InChI is InChI=1S/C25H25ClN2/c1-25-13-12-19-18-9-7-17(26)14-16(18)6-8-20(19)21(25)10-11-24(25)28-15-27-22-4-2-3-5-23(22)28/h2-5,7,9,11,14-15,19-21H,6,8,10,12-13H2,1H3/t19-,20-,21+,25+/m1/s1. The van der Waals surface area contributed by atoms with Gasteiger partial charge >= 0.3 is 0 Å². The van der Waals surface area contributed by atoms with E-state index in [2.05, 4.69) is 65.0 Å². The molecule has 4 atom stereocenters. The summed E-state index contributed by atoms with van der Waals surface area (Å²) in [6.45, 7) is 2.51. The van der Waals surface area contributed by atoms with Crippen LogP contribution in [0.5, 0.6) is 0 Å². The van der Waals surface area contributed by atoms with E-state index in [9.17, 15) is 0 Å². The molecular weight excluding hydrogens is 364 g/mol. The fourth-order valence-corrected chi connectivity index (χ4v) is 6.81. The minimum atomic E-state index is 0.245. The van der Waals surface area contributed by atoms with Gasteiger partial charge in [0, 0.05) is 16.1 Å². The molecule has 3 aliphatic rings. The van der Waals surface area contributed by atoms with Crippen molar-refractivity contribution in [2.24, 2.45) is 17.3 Å². The highest BCUT2D eigenvalue weighted by Gasteiger charge is 2.52. The smallest absolute Gasteiger partial charge is 0.100 e. The van der Waals surface area contributed by atoms with Crippen molar-refractivity contribution in [3.63, 3.8) is 0 Å². The Morgan fingerprint density at radius 1 is 1.14 bits per heavy atom. The lowest BCUT2D eigenvalue weighted by atomic mass is 9.55. The predicted molar refractivity (Wildman–Crippen MR) is 115 cm³/mol. The average molecular weight is 389 g/mol. The molecule has 0 spiro atoms. The van der Waals surface area contributed by atoms with Gasteiger partial charge < -0.3 is 4.57 Å². The molecule has 3 aliphatic carbocycles. The normalized spacial score (nSPS) is 31.2. The molecule has 1 fully saturated rings. The Hall–Kier alpha value is -2.06. The van der Waals surface area contributed by atoms with Crippen LogP contribution < -0.4 is 0 Å². The number of rotatable bonds is 1. The number of hydrogen-bond donors (Lipinski definition) is 0. The maximum atomic E-state index is 6.27. The van der Waals surface area contributed by atoms with Gasteiger partial charge in [0.05, 0.1) is 11.0 Å². The third-order valence-electron chi connectivity index (χ3n) is 7.94. The molecule has 0 saturated heterocycles. The van der Waals surface area contributed by atoms with Crippen LogP contribution in [-0.4, -0.2) is 9.55 Å². The van der Waals surface area contributed by atoms with E-state index in [-0.39, 0.29) is 5.41 Å². The molecule has 1 heterocycles. The third kappa shape index (κ3) is 2.24. The summed E-state index contributed by atoms with van der Waals surface area (Å²) < 4.78 is 2.37. The molecule has 2 aromatic carbocycles. The number of benzene rings is 2. The number of aromatic nitrogens is 2. The molecule has 0 N–H and O–H groups in total. The van der Waals surface area contributed by atoms with E-state index in [1.54, 1.807) is 5.56 Å². The first-order valence-electron chi connectivity index (χ1n) is 10.6. The lowest BCUT2D eigenvalue weighted by Gasteiger charge is -2.50. The number of allylic oxidation sites excluding steroid dienone is 2. The lowest BCUT2D eigenvalue weighted by Crippen LogP contribution is -2.41. The van der Waals surface area contributed by atoms with Crippen molar-refractivity contribution in [3.8, 4) is 0 Å². The van der Waals surface area contributed by atoms with Gasteiger partial charge in [0.15, 0.2) is 0 Å². The topological polar surface area (TPSA) is 17.8 Å². The Balaban J connectivity index is 1.38. The highest BCUT2D eigenvalue weighted by atomic mass is 35.5. The minimum Gasteiger partial charge on any atom is -0.302 e. The summed E-state index contributed by atoms with van der Waals surface area (Å²) in [6, 6.07) is 15.1. The van der Waals surface area contributed by atoms with Crippen LogP contribution in [0.15, 0.2) is 54.9 Å². The van der Waals surface area contributed by atoms with Crippen LogP contribution in [-0.2, 0) is 6.42 Å². The molecule has 0 radical (unpaired) electrons. The second kappa shape index (κ2) is 5.97. The lowest BCUT2D eigenvalue weighted by molar-refractivity contribution is 0.0856. The summed E-state index contributed by atoms with van der Waals surface area (Å²) in [4.78, 5) is 4.66. The fraction of sp³-hybridized carbons (Fsp3) is 0.400. The van der Waals surface area contributed by atoms with Gasteiger partial charge in [-0.15, -0.1) is 0 Å². The van der Waals surface area contributed by atoms with Crippen LogP contribution in [0.4, 0.5) is 0 Å². The minimum absolute atomic E-state index is 0.245. The van der Waals surface area contributed by atoms with Crippen molar-refractivity contribution < 1.29 is 0 Å². The summed E-state index contributed by atoms with van der Waals surface area (Å²) >= 11 is 6.27. The Morgan fingerprint density at radius 3 is 2.96 bits per heavy atom. The molecule has 2 nitrogen and oxygen atoms in total. The van der Waals surface area contributed by atoms with E-state index in [1.807, 2.05) is 6.33 Å². The number of para-hydroxylation sites is 2. The number of hydrogen-bond acceptors (Lipinski definition) is 1. The van der Waals surface area contributed by atoms with Gasteiger partial charge in [0.1, 0.15) is 6.33 Å². The van der Waals surface area contributed by atoms with Crippen LogP contribution >= 0.6 is 11.6 Å². The van der Waals surface area contributed by atoms with Crippen molar-refractivity contribution in [1.29, 1.82) is 0 Å². The Bertz CT molecular complexity index is 1110. The summed E-state index contributed by atoms with van der Waals surface area (Å²) in [5, 5.41) is 0.884. The van der Waals surface area contributed by atoms with Crippen molar-refractivity contribution >= 4 is 28.3 Å². The van der Waals surface area contributed by atoms with E-state index in [1.165, 1.54) is 48.9 Å². The molecule has 28 heavy (non-hydrogen) atoms. The zero-order chi connectivity index (χ0) is 18.9. The highest BCUT2D eigenvalue weighted by molar-refractivity contribution is 6.30. The Kier molecular flexibility index (Phi) is 3.59. The summed E-state index contributed by atoms with van der Waals surface area (Å²) in [7, 11) is 0. The quantitative estimate of drug-likeness (QED) is 0.453. The summed E-state index contributed by atoms with van der Waals surface area (Å²) in [5.74, 6) is 2.20. The van der Waals surface area contributed by atoms with Crippen LogP contribution in [0.2, 0.25) is 5.02 Å². The molecule has 0 aliphatic heterocycles. The first kappa shape index (κ1) is 16.9. The maximum Gasteiger partial charge on any atom is 0.100 e. The third-order valence-corrected chi connectivity index (χ3v) is 8.18. The number of imidazole rings is 1. The Morgan fingerprint density at radius 2 is 2.04 bits per heavy atom. The van der Waals surface area contributed by atoms with E-state index < -0.39 is 0 Å². The van der Waals surface area contributed by atoms with Gasteiger partial charge in [0.25, 0.3) is 0 Å². The fourth-order valence-electron chi connectivity index (χ4n) is 6.62. The molecule has 0 amide bonds. The molecular formula is C25H25ClN2. The number of halogens is 1. The van der Waals surface area contributed by atoms with Gasteiger partial charge in [-0.1, -0.05) is 42.8 Å². The average Bonchev–Trinajstić information content (AvgIpc) is 3.28. The van der Waals surface area contributed by atoms with E-state index >= 15 is 0 Å². The maximum absolute atomic E-state index is 6.27. The largest absolute Gasteiger partial charge is 0.302 e.